The van der Waals surface area contributed by atoms with Gasteiger partial charge in [-0.2, -0.15) is 0 Å². The van der Waals surface area contributed by atoms with Crippen LogP contribution in [0.1, 0.15) is 30.5 Å². The normalized spacial score (nSPS) is 13.3. The Bertz CT molecular complexity index is 2620. The van der Waals surface area contributed by atoms with Crippen LogP contribution in [0.25, 0.3) is 33.4 Å². The number of nitrogens with zero attached hydrogens (tertiary/aromatic N) is 2. The molecular formula is C52H40N2O. The molecule has 2 heterocycles. The van der Waals surface area contributed by atoms with Crippen LogP contribution in [0.3, 0.4) is 0 Å². The Balaban J connectivity index is 1.09. The number of rotatable bonds is 6. The van der Waals surface area contributed by atoms with E-state index in [1.54, 1.807) is 0 Å². The Morgan fingerprint density at radius 2 is 0.927 bits per heavy atom. The molecule has 0 saturated carbocycles. The number of aryl methyl sites for hydroxylation is 1. The van der Waals surface area contributed by atoms with Gasteiger partial charge in [-0.1, -0.05) is 147 Å². The lowest BCUT2D eigenvalue weighted by Crippen LogP contribution is -2.32. The fourth-order valence-corrected chi connectivity index (χ4v) is 8.52. The van der Waals surface area contributed by atoms with Crippen LogP contribution >= 0.6 is 0 Å². The van der Waals surface area contributed by atoms with Gasteiger partial charge in [0, 0.05) is 22.5 Å². The van der Waals surface area contributed by atoms with Crippen molar-refractivity contribution >= 4 is 34.1 Å². The zero-order chi connectivity index (χ0) is 37.1. The molecule has 264 valence electrons. The molecule has 0 unspecified atom stereocenters. The van der Waals surface area contributed by atoms with Crippen molar-refractivity contribution in [1.29, 1.82) is 0 Å². The molecule has 2 aliphatic rings. The summed E-state index contributed by atoms with van der Waals surface area (Å²) in [5.74, 6) is 1.78. The first-order valence-corrected chi connectivity index (χ1v) is 19.0. The van der Waals surface area contributed by atoms with E-state index in [4.69, 9.17) is 4.74 Å². The van der Waals surface area contributed by atoms with Crippen LogP contribution in [0.4, 0.5) is 34.1 Å². The molecule has 55 heavy (non-hydrogen) atoms. The first-order valence-electron chi connectivity index (χ1n) is 19.0. The van der Waals surface area contributed by atoms with Gasteiger partial charge in [0.05, 0.1) is 17.1 Å². The molecule has 0 amide bonds. The van der Waals surface area contributed by atoms with Crippen LogP contribution in [-0.2, 0) is 5.41 Å². The van der Waals surface area contributed by atoms with E-state index >= 15 is 0 Å². The van der Waals surface area contributed by atoms with E-state index in [1.165, 1.54) is 44.6 Å². The van der Waals surface area contributed by atoms with Crippen LogP contribution in [0, 0.1) is 6.92 Å². The van der Waals surface area contributed by atoms with E-state index < -0.39 is 0 Å². The maximum atomic E-state index is 6.57. The van der Waals surface area contributed by atoms with Gasteiger partial charge < -0.3 is 14.5 Å². The molecule has 8 aromatic rings. The summed E-state index contributed by atoms with van der Waals surface area (Å²) in [4.78, 5) is 4.81. The standard InChI is InChI=1S/C52H40N2O/c1-35-13-10-21-48-50(35)54-47-34-41(27-32-45(47)52(2,3)46-20-12-22-49(55-48)51(46)54)40-18-11-19-44(33-40)53(42-28-23-38(24-29-42)36-14-6-4-7-15-36)43-30-25-39(26-31-43)37-16-8-5-9-17-37/h4-34H,1-3H3. The second kappa shape index (κ2) is 12.9. The minimum atomic E-state index is -0.213. The average molecular weight is 709 g/mol. The summed E-state index contributed by atoms with van der Waals surface area (Å²) in [5, 5.41) is 0. The number of benzene rings is 8. The van der Waals surface area contributed by atoms with Crippen molar-refractivity contribution < 1.29 is 4.74 Å². The average Bonchev–Trinajstić information content (AvgIpc) is 3.23. The largest absolute Gasteiger partial charge is 0.453 e. The first kappa shape index (κ1) is 32.8. The molecule has 8 aromatic carbocycles. The minimum absolute atomic E-state index is 0.213. The van der Waals surface area contributed by atoms with Crippen molar-refractivity contribution in [3.8, 4) is 44.9 Å². The van der Waals surface area contributed by atoms with Gasteiger partial charge in [-0.3, -0.25) is 0 Å². The number of para-hydroxylation sites is 2. The Kier molecular flexibility index (Phi) is 7.71. The maximum Gasteiger partial charge on any atom is 0.151 e. The summed E-state index contributed by atoms with van der Waals surface area (Å²) in [5.41, 5.74) is 17.4. The summed E-state index contributed by atoms with van der Waals surface area (Å²) >= 11 is 0. The fourth-order valence-electron chi connectivity index (χ4n) is 8.52. The second-order valence-corrected chi connectivity index (χ2v) is 15.1. The predicted molar refractivity (Wildman–Crippen MR) is 229 cm³/mol. The summed E-state index contributed by atoms with van der Waals surface area (Å²) in [6.45, 7) is 6.84. The van der Waals surface area contributed by atoms with Crippen molar-refractivity contribution in [3.63, 3.8) is 0 Å². The van der Waals surface area contributed by atoms with Crippen LogP contribution in [0.2, 0.25) is 0 Å². The molecule has 0 aliphatic carbocycles. The van der Waals surface area contributed by atoms with Crippen molar-refractivity contribution in [2.75, 3.05) is 9.80 Å². The highest BCUT2D eigenvalue weighted by atomic mass is 16.5. The molecule has 0 saturated heterocycles. The van der Waals surface area contributed by atoms with E-state index in [2.05, 4.69) is 219 Å². The lowest BCUT2D eigenvalue weighted by atomic mass is 9.72. The van der Waals surface area contributed by atoms with Crippen LogP contribution in [0.15, 0.2) is 188 Å². The van der Waals surface area contributed by atoms with Crippen molar-refractivity contribution in [1.82, 2.24) is 0 Å². The molecule has 0 fully saturated rings. The Morgan fingerprint density at radius 1 is 0.418 bits per heavy atom. The Morgan fingerprint density at radius 3 is 1.56 bits per heavy atom. The SMILES string of the molecule is Cc1cccc2c1N1c3cc(-c4cccc(N(c5ccc(-c6ccccc6)cc5)c5ccc(-c6ccccc6)cc5)c4)ccc3C(C)(C)c3cccc(c31)O2. The molecule has 2 aliphatic heterocycles. The second-order valence-electron chi connectivity index (χ2n) is 15.1. The maximum absolute atomic E-state index is 6.57. The highest BCUT2D eigenvalue weighted by molar-refractivity contribution is 5.95. The summed E-state index contributed by atoms with van der Waals surface area (Å²) in [7, 11) is 0. The molecule has 0 N–H and O–H groups in total. The van der Waals surface area contributed by atoms with Crippen LogP contribution < -0.4 is 14.5 Å². The van der Waals surface area contributed by atoms with Gasteiger partial charge in [-0.15, -0.1) is 0 Å². The molecular weight excluding hydrogens is 669 g/mol. The highest BCUT2D eigenvalue weighted by Gasteiger charge is 2.42. The van der Waals surface area contributed by atoms with Gasteiger partial charge in [0.2, 0.25) is 0 Å². The Hall–Kier alpha value is -6.84. The smallest absolute Gasteiger partial charge is 0.151 e. The molecule has 0 atom stereocenters. The number of ether oxygens (including phenoxy) is 1. The zero-order valence-corrected chi connectivity index (χ0v) is 31.2. The van der Waals surface area contributed by atoms with Crippen LogP contribution in [0.5, 0.6) is 11.5 Å². The molecule has 3 nitrogen and oxygen atoms in total. The zero-order valence-electron chi connectivity index (χ0n) is 31.2. The van der Waals surface area contributed by atoms with Gasteiger partial charge in [0.15, 0.2) is 11.5 Å². The van der Waals surface area contributed by atoms with Gasteiger partial charge in [0.25, 0.3) is 0 Å². The number of fused-ring (bicyclic) bond motifs is 4. The van der Waals surface area contributed by atoms with Crippen molar-refractivity contribution in [2.45, 2.75) is 26.2 Å². The number of hydrogen-bond acceptors (Lipinski definition) is 3. The predicted octanol–water partition coefficient (Wildman–Crippen LogP) is 14.7. The van der Waals surface area contributed by atoms with Gasteiger partial charge in [-0.05, 0) is 112 Å². The third-order valence-electron chi connectivity index (χ3n) is 11.4. The van der Waals surface area contributed by atoms with Gasteiger partial charge in [0.1, 0.15) is 0 Å². The molecule has 0 aromatic heterocycles. The summed E-state index contributed by atoms with van der Waals surface area (Å²) in [6, 6.07) is 67.7. The molecule has 0 radical (unpaired) electrons. The molecule has 0 bridgehead atoms. The highest BCUT2D eigenvalue weighted by Crippen LogP contribution is 2.60. The monoisotopic (exact) mass is 708 g/mol. The van der Waals surface area contributed by atoms with Gasteiger partial charge in [-0.25, -0.2) is 0 Å². The van der Waals surface area contributed by atoms with Gasteiger partial charge >= 0.3 is 0 Å². The fraction of sp³-hybridized carbons (Fsp3) is 0.0769. The van der Waals surface area contributed by atoms with E-state index in [0.29, 0.717) is 0 Å². The summed E-state index contributed by atoms with van der Waals surface area (Å²) in [6.07, 6.45) is 0. The summed E-state index contributed by atoms with van der Waals surface area (Å²) < 4.78 is 6.57. The minimum Gasteiger partial charge on any atom is -0.453 e. The van der Waals surface area contributed by atoms with E-state index in [9.17, 15) is 0 Å². The topological polar surface area (TPSA) is 15.7 Å². The van der Waals surface area contributed by atoms with Crippen LogP contribution in [-0.4, -0.2) is 0 Å². The lowest BCUT2D eigenvalue weighted by Gasteiger charge is -2.45. The van der Waals surface area contributed by atoms with E-state index in [1.807, 2.05) is 0 Å². The first-order chi connectivity index (χ1) is 26.9. The molecule has 3 heteroatoms. The van der Waals surface area contributed by atoms with E-state index in [0.717, 1.165) is 51.1 Å². The lowest BCUT2D eigenvalue weighted by molar-refractivity contribution is 0.471. The van der Waals surface area contributed by atoms with E-state index in [-0.39, 0.29) is 5.41 Å². The van der Waals surface area contributed by atoms with Crippen molar-refractivity contribution in [3.05, 3.63) is 205 Å². The van der Waals surface area contributed by atoms with Crippen molar-refractivity contribution in [2.24, 2.45) is 0 Å². The Labute approximate surface area is 323 Å². The molecule has 10 rings (SSSR count). The molecule has 0 spiro atoms. The number of hydrogen-bond donors (Lipinski definition) is 0. The number of anilines is 6. The quantitative estimate of drug-likeness (QED) is 0.171. The third-order valence-corrected chi connectivity index (χ3v) is 11.4. The third kappa shape index (κ3) is 5.51.